The first-order valence-corrected chi connectivity index (χ1v) is 8.46. The van der Waals surface area contributed by atoms with Crippen molar-refractivity contribution in [3.63, 3.8) is 0 Å². The highest BCUT2D eigenvalue weighted by atomic mass is 16.6. The van der Waals surface area contributed by atoms with Crippen molar-refractivity contribution in [2.24, 2.45) is 0 Å². The van der Waals surface area contributed by atoms with E-state index >= 15 is 0 Å². The molecule has 2 unspecified atom stereocenters. The van der Waals surface area contributed by atoms with Crippen molar-refractivity contribution >= 4 is 11.3 Å². The van der Waals surface area contributed by atoms with Gasteiger partial charge < -0.3 is 0 Å². The number of fused-ring (bicyclic) bond motifs is 2. The predicted molar refractivity (Wildman–Crippen MR) is 94.5 cm³/mol. The van der Waals surface area contributed by atoms with Crippen LogP contribution >= 0.6 is 0 Å². The molecule has 2 aliphatic rings. The lowest BCUT2D eigenvalue weighted by Crippen LogP contribution is -2.37. The molecule has 24 heavy (non-hydrogen) atoms. The smallest absolute Gasteiger partial charge is 0.269 e. The highest BCUT2D eigenvalue weighted by Gasteiger charge is 2.36. The number of nitro groups is 1. The Balaban J connectivity index is 1.54. The zero-order valence-electron chi connectivity index (χ0n) is 13.5. The summed E-state index contributed by atoms with van der Waals surface area (Å²) in [6, 6.07) is 18.7. The Morgan fingerprint density at radius 2 is 1.79 bits per heavy atom. The summed E-state index contributed by atoms with van der Waals surface area (Å²) >= 11 is 0. The Hall–Kier alpha value is -2.46. The van der Waals surface area contributed by atoms with Gasteiger partial charge in [0.25, 0.3) is 5.69 Å². The first-order valence-electron chi connectivity index (χ1n) is 8.46. The first-order chi connectivity index (χ1) is 11.7. The quantitative estimate of drug-likeness (QED) is 0.619. The molecule has 2 aliphatic heterocycles. The maximum absolute atomic E-state index is 10.8. The van der Waals surface area contributed by atoms with Crippen LogP contribution in [0.5, 0.6) is 0 Å². The Labute approximate surface area is 141 Å². The number of non-ortho nitro benzene ring substituents is 1. The number of hydrogen-bond donors (Lipinski definition) is 0. The molecule has 4 heteroatoms. The summed E-state index contributed by atoms with van der Waals surface area (Å²) in [5, 5.41) is 10.8. The summed E-state index contributed by atoms with van der Waals surface area (Å²) in [6.45, 7) is 1.00. The third-order valence-corrected chi connectivity index (χ3v) is 5.20. The third-order valence-electron chi connectivity index (χ3n) is 5.20. The van der Waals surface area contributed by atoms with Gasteiger partial charge in [-0.2, -0.15) is 0 Å². The summed E-state index contributed by atoms with van der Waals surface area (Å²) in [5.74, 6) is 0. The Kier molecular flexibility index (Phi) is 3.90. The molecular weight excluding hydrogens is 300 g/mol. The second-order valence-electron chi connectivity index (χ2n) is 6.66. The molecule has 2 atom stereocenters. The first kappa shape index (κ1) is 15.1. The molecule has 1 saturated heterocycles. The van der Waals surface area contributed by atoms with Crippen molar-refractivity contribution in [3.05, 3.63) is 81.9 Å². The van der Waals surface area contributed by atoms with E-state index in [1.807, 2.05) is 12.1 Å². The number of hydrogen-bond acceptors (Lipinski definition) is 3. The van der Waals surface area contributed by atoms with Gasteiger partial charge in [-0.15, -0.1) is 0 Å². The molecule has 4 nitrogen and oxygen atoms in total. The van der Waals surface area contributed by atoms with Crippen LogP contribution in [0.2, 0.25) is 0 Å². The molecule has 122 valence electrons. The molecule has 2 aromatic carbocycles. The second-order valence-corrected chi connectivity index (χ2v) is 6.66. The summed E-state index contributed by atoms with van der Waals surface area (Å²) < 4.78 is 0. The standard InChI is InChI=1S/C20H20N2O2/c23-22(24)18-8-6-16(7-9-18)17-12-19-10-11-20(13-17)21(19)14-15-4-2-1-3-5-15/h1-9,12,19-20H,10-11,13-14H2. The van der Waals surface area contributed by atoms with E-state index < -0.39 is 0 Å². The van der Waals surface area contributed by atoms with E-state index in [0.29, 0.717) is 12.1 Å². The Morgan fingerprint density at radius 1 is 1.04 bits per heavy atom. The number of rotatable bonds is 4. The van der Waals surface area contributed by atoms with E-state index in [-0.39, 0.29) is 10.6 Å². The lowest BCUT2D eigenvalue weighted by Gasteiger charge is -2.34. The molecule has 0 amide bonds. The van der Waals surface area contributed by atoms with Crippen LogP contribution < -0.4 is 0 Å². The van der Waals surface area contributed by atoms with Crippen molar-refractivity contribution in [2.45, 2.75) is 37.9 Å². The molecule has 2 aromatic rings. The molecular formula is C20H20N2O2. The number of benzene rings is 2. The fraction of sp³-hybridized carbons (Fsp3) is 0.300. The van der Waals surface area contributed by atoms with Crippen LogP contribution in [0.1, 0.15) is 30.4 Å². The fourth-order valence-corrected chi connectivity index (χ4v) is 3.97. The monoisotopic (exact) mass is 320 g/mol. The van der Waals surface area contributed by atoms with E-state index in [0.717, 1.165) is 18.5 Å². The maximum atomic E-state index is 10.8. The van der Waals surface area contributed by atoms with E-state index in [2.05, 4.69) is 41.3 Å². The van der Waals surface area contributed by atoms with Crippen LogP contribution in [0.15, 0.2) is 60.7 Å². The number of nitro benzene ring substituents is 1. The average Bonchev–Trinajstić information content (AvgIpc) is 2.84. The lowest BCUT2D eigenvalue weighted by atomic mass is 9.94. The molecule has 0 aromatic heterocycles. The molecule has 0 radical (unpaired) electrons. The van der Waals surface area contributed by atoms with Crippen LogP contribution in [-0.4, -0.2) is 21.9 Å². The molecule has 0 N–H and O–H groups in total. The van der Waals surface area contributed by atoms with E-state index in [4.69, 9.17) is 0 Å². The van der Waals surface area contributed by atoms with Crippen LogP contribution in [0.25, 0.3) is 5.57 Å². The molecule has 2 heterocycles. The number of nitrogens with zero attached hydrogens (tertiary/aromatic N) is 2. The minimum Gasteiger partial charge on any atom is -0.289 e. The summed E-state index contributed by atoms with van der Waals surface area (Å²) in [4.78, 5) is 13.1. The largest absolute Gasteiger partial charge is 0.289 e. The average molecular weight is 320 g/mol. The van der Waals surface area contributed by atoms with Gasteiger partial charge in [-0.1, -0.05) is 36.4 Å². The van der Waals surface area contributed by atoms with Gasteiger partial charge in [0.1, 0.15) is 0 Å². The van der Waals surface area contributed by atoms with Crippen LogP contribution in [-0.2, 0) is 6.54 Å². The zero-order chi connectivity index (χ0) is 16.5. The van der Waals surface area contributed by atoms with Gasteiger partial charge >= 0.3 is 0 Å². The lowest BCUT2D eigenvalue weighted by molar-refractivity contribution is -0.384. The van der Waals surface area contributed by atoms with E-state index in [1.165, 1.54) is 24.0 Å². The van der Waals surface area contributed by atoms with Gasteiger partial charge in [-0.05, 0) is 48.1 Å². The van der Waals surface area contributed by atoms with Crippen molar-refractivity contribution < 1.29 is 4.92 Å². The zero-order valence-corrected chi connectivity index (χ0v) is 13.5. The van der Waals surface area contributed by atoms with Crippen LogP contribution in [0, 0.1) is 10.1 Å². The molecule has 1 fully saturated rings. The van der Waals surface area contributed by atoms with Crippen LogP contribution in [0.4, 0.5) is 5.69 Å². The van der Waals surface area contributed by atoms with Gasteiger partial charge in [0.2, 0.25) is 0 Å². The normalized spacial score (nSPS) is 23.1. The van der Waals surface area contributed by atoms with E-state index in [1.54, 1.807) is 12.1 Å². The molecule has 0 aliphatic carbocycles. The highest BCUT2D eigenvalue weighted by Crippen LogP contribution is 2.39. The molecule has 2 bridgehead atoms. The van der Waals surface area contributed by atoms with Gasteiger partial charge in [-0.25, -0.2) is 0 Å². The highest BCUT2D eigenvalue weighted by molar-refractivity contribution is 5.68. The summed E-state index contributed by atoms with van der Waals surface area (Å²) in [7, 11) is 0. The topological polar surface area (TPSA) is 46.4 Å². The maximum Gasteiger partial charge on any atom is 0.269 e. The molecule has 0 saturated carbocycles. The van der Waals surface area contributed by atoms with Crippen molar-refractivity contribution in [1.82, 2.24) is 4.90 Å². The van der Waals surface area contributed by atoms with Gasteiger partial charge in [0, 0.05) is 30.8 Å². The summed E-state index contributed by atoms with van der Waals surface area (Å²) in [6.07, 6.45) is 5.83. The minimum absolute atomic E-state index is 0.156. The second kappa shape index (κ2) is 6.21. The van der Waals surface area contributed by atoms with Crippen molar-refractivity contribution in [2.75, 3.05) is 0 Å². The van der Waals surface area contributed by atoms with Crippen LogP contribution in [0.3, 0.4) is 0 Å². The predicted octanol–water partition coefficient (Wildman–Crippen LogP) is 4.42. The Morgan fingerprint density at radius 3 is 2.46 bits per heavy atom. The molecule has 0 spiro atoms. The summed E-state index contributed by atoms with van der Waals surface area (Å²) in [5.41, 5.74) is 3.98. The fourth-order valence-electron chi connectivity index (χ4n) is 3.97. The van der Waals surface area contributed by atoms with E-state index in [9.17, 15) is 10.1 Å². The van der Waals surface area contributed by atoms with Gasteiger partial charge in [0.05, 0.1) is 4.92 Å². The molecule has 4 rings (SSSR count). The Bertz CT molecular complexity index is 768. The third kappa shape index (κ3) is 2.85. The van der Waals surface area contributed by atoms with Crippen molar-refractivity contribution in [3.8, 4) is 0 Å². The minimum atomic E-state index is -0.343. The van der Waals surface area contributed by atoms with Gasteiger partial charge in [0.15, 0.2) is 0 Å². The van der Waals surface area contributed by atoms with Crippen molar-refractivity contribution in [1.29, 1.82) is 0 Å². The SMILES string of the molecule is O=[N+]([O-])c1ccc(C2=CC3CCC(C2)N3Cc2ccccc2)cc1. The van der Waals surface area contributed by atoms with Gasteiger partial charge in [-0.3, -0.25) is 15.0 Å².